The van der Waals surface area contributed by atoms with Gasteiger partial charge in [0.2, 0.25) is 5.89 Å². The summed E-state index contributed by atoms with van der Waals surface area (Å²) in [5.41, 5.74) is 1.20. The number of anilines is 1. The van der Waals surface area contributed by atoms with E-state index >= 15 is 0 Å². The van der Waals surface area contributed by atoms with Gasteiger partial charge in [0.1, 0.15) is 11.6 Å². The van der Waals surface area contributed by atoms with Crippen LogP contribution in [0.1, 0.15) is 17.3 Å². The standard InChI is InChI=1S/C21H16FN3O4/c1-2-27-17-9-8-14(22)12-16(17)19(26)23-15-6-3-5-13(11-15)20-24-25-21(29-20)18-7-4-10-28-18/h3-12H,2H2,1H3,(H,23,26). The minimum absolute atomic E-state index is 0.107. The number of furan rings is 1. The summed E-state index contributed by atoms with van der Waals surface area (Å²) in [5.74, 6) is 0.273. The molecule has 0 aliphatic heterocycles. The summed E-state index contributed by atoms with van der Waals surface area (Å²) in [4.78, 5) is 12.6. The summed E-state index contributed by atoms with van der Waals surface area (Å²) in [6, 6.07) is 14.1. The van der Waals surface area contributed by atoms with E-state index in [1.165, 1.54) is 18.4 Å². The van der Waals surface area contributed by atoms with Gasteiger partial charge in [0.25, 0.3) is 11.8 Å². The molecule has 4 rings (SSSR count). The van der Waals surface area contributed by atoms with Gasteiger partial charge in [-0.2, -0.15) is 0 Å². The molecule has 1 N–H and O–H groups in total. The largest absolute Gasteiger partial charge is 0.493 e. The van der Waals surface area contributed by atoms with Gasteiger partial charge in [-0.15, -0.1) is 10.2 Å². The average Bonchev–Trinajstić information content (AvgIpc) is 3.41. The van der Waals surface area contributed by atoms with Crippen molar-refractivity contribution in [2.45, 2.75) is 6.92 Å². The third-order valence-corrected chi connectivity index (χ3v) is 4.01. The lowest BCUT2D eigenvalue weighted by Gasteiger charge is -2.11. The zero-order chi connectivity index (χ0) is 20.2. The van der Waals surface area contributed by atoms with E-state index in [4.69, 9.17) is 13.6 Å². The zero-order valence-corrected chi connectivity index (χ0v) is 15.4. The summed E-state index contributed by atoms with van der Waals surface area (Å²) >= 11 is 0. The van der Waals surface area contributed by atoms with Gasteiger partial charge in [0.05, 0.1) is 18.4 Å². The maximum atomic E-state index is 13.6. The topological polar surface area (TPSA) is 90.4 Å². The molecule has 0 radical (unpaired) electrons. The van der Waals surface area contributed by atoms with E-state index in [-0.39, 0.29) is 17.3 Å². The fraction of sp³-hybridized carbons (Fsp3) is 0.0952. The number of nitrogens with zero attached hydrogens (tertiary/aromatic N) is 2. The fourth-order valence-corrected chi connectivity index (χ4v) is 2.73. The minimum Gasteiger partial charge on any atom is -0.493 e. The highest BCUT2D eigenvalue weighted by molar-refractivity contribution is 6.06. The van der Waals surface area contributed by atoms with E-state index in [9.17, 15) is 9.18 Å². The highest BCUT2D eigenvalue weighted by atomic mass is 19.1. The number of amides is 1. The van der Waals surface area contributed by atoms with Crippen LogP contribution < -0.4 is 10.1 Å². The van der Waals surface area contributed by atoms with E-state index < -0.39 is 11.7 Å². The summed E-state index contributed by atoms with van der Waals surface area (Å²) < 4.78 is 29.9. The molecule has 0 aliphatic carbocycles. The number of rotatable bonds is 6. The number of halogens is 1. The Hall–Kier alpha value is -3.94. The van der Waals surface area contributed by atoms with Gasteiger partial charge >= 0.3 is 0 Å². The summed E-state index contributed by atoms with van der Waals surface area (Å²) in [6.07, 6.45) is 1.51. The molecule has 0 bridgehead atoms. The quantitative estimate of drug-likeness (QED) is 0.507. The predicted molar refractivity (Wildman–Crippen MR) is 103 cm³/mol. The Labute approximate surface area is 165 Å². The maximum absolute atomic E-state index is 13.6. The van der Waals surface area contributed by atoms with Gasteiger partial charge in [0, 0.05) is 11.3 Å². The van der Waals surface area contributed by atoms with E-state index in [1.807, 2.05) is 0 Å². The summed E-state index contributed by atoms with van der Waals surface area (Å²) in [5, 5.41) is 10.7. The Bertz CT molecular complexity index is 1140. The Morgan fingerprint density at radius 2 is 1.97 bits per heavy atom. The molecule has 7 nitrogen and oxygen atoms in total. The second-order valence-corrected chi connectivity index (χ2v) is 6.00. The number of nitrogens with one attached hydrogen (secondary N) is 1. The first-order chi connectivity index (χ1) is 14.1. The number of ether oxygens (including phenoxy) is 1. The second-order valence-electron chi connectivity index (χ2n) is 6.00. The molecule has 0 atom stereocenters. The molecule has 0 spiro atoms. The molecule has 2 aromatic heterocycles. The first kappa shape index (κ1) is 18.4. The Balaban J connectivity index is 1.57. The van der Waals surface area contributed by atoms with Crippen LogP contribution in [0.25, 0.3) is 23.1 Å². The Kier molecular flexibility index (Phi) is 5.07. The van der Waals surface area contributed by atoms with E-state index in [1.54, 1.807) is 43.3 Å². The monoisotopic (exact) mass is 393 g/mol. The van der Waals surface area contributed by atoms with Crippen LogP contribution in [0.4, 0.5) is 10.1 Å². The molecule has 4 aromatic rings. The molecular formula is C21H16FN3O4. The highest BCUT2D eigenvalue weighted by Crippen LogP contribution is 2.27. The van der Waals surface area contributed by atoms with E-state index in [0.29, 0.717) is 29.4 Å². The first-order valence-corrected chi connectivity index (χ1v) is 8.85. The zero-order valence-electron chi connectivity index (χ0n) is 15.4. The molecule has 0 aliphatic rings. The van der Waals surface area contributed by atoms with Crippen LogP contribution >= 0.6 is 0 Å². The van der Waals surface area contributed by atoms with Crippen molar-refractivity contribution in [1.82, 2.24) is 10.2 Å². The van der Waals surface area contributed by atoms with Crippen LogP contribution in [-0.2, 0) is 0 Å². The van der Waals surface area contributed by atoms with E-state index in [0.717, 1.165) is 6.07 Å². The predicted octanol–water partition coefficient (Wildman–Crippen LogP) is 4.79. The SMILES string of the molecule is CCOc1ccc(F)cc1C(=O)Nc1cccc(-c2nnc(-c3ccco3)o2)c1. The average molecular weight is 393 g/mol. The van der Waals surface area contributed by atoms with Crippen LogP contribution in [-0.4, -0.2) is 22.7 Å². The molecule has 0 unspecified atom stereocenters. The number of benzene rings is 2. The maximum Gasteiger partial charge on any atom is 0.283 e. The highest BCUT2D eigenvalue weighted by Gasteiger charge is 2.16. The fourth-order valence-electron chi connectivity index (χ4n) is 2.73. The van der Waals surface area contributed by atoms with Crippen molar-refractivity contribution in [2.24, 2.45) is 0 Å². The van der Waals surface area contributed by atoms with Crippen LogP contribution in [0.2, 0.25) is 0 Å². The van der Waals surface area contributed by atoms with Crippen molar-refractivity contribution in [3.63, 3.8) is 0 Å². The van der Waals surface area contributed by atoms with Crippen LogP contribution in [0, 0.1) is 5.82 Å². The van der Waals surface area contributed by atoms with Gasteiger partial charge in [-0.1, -0.05) is 6.07 Å². The number of hydrogen-bond donors (Lipinski definition) is 1. The normalized spacial score (nSPS) is 10.7. The molecule has 2 aromatic carbocycles. The molecule has 0 fully saturated rings. The van der Waals surface area contributed by atoms with Crippen molar-refractivity contribution in [3.8, 4) is 28.9 Å². The minimum atomic E-state index is -0.524. The molecule has 29 heavy (non-hydrogen) atoms. The second kappa shape index (κ2) is 7.97. The Morgan fingerprint density at radius 1 is 1.10 bits per heavy atom. The Morgan fingerprint density at radius 3 is 2.76 bits per heavy atom. The van der Waals surface area contributed by atoms with Crippen LogP contribution in [0.15, 0.2) is 69.7 Å². The van der Waals surface area contributed by atoms with Crippen LogP contribution in [0.3, 0.4) is 0 Å². The van der Waals surface area contributed by atoms with Gasteiger partial charge in [0.15, 0.2) is 5.76 Å². The van der Waals surface area contributed by atoms with Gasteiger partial charge in [-0.3, -0.25) is 4.79 Å². The molecule has 0 saturated carbocycles. The van der Waals surface area contributed by atoms with Crippen molar-refractivity contribution >= 4 is 11.6 Å². The number of carbonyl (C=O) groups is 1. The van der Waals surface area contributed by atoms with Crippen molar-refractivity contribution < 1.29 is 22.8 Å². The summed E-state index contributed by atoms with van der Waals surface area (Å²) in [7, 11) is 0. The number of aromatic nitrogens is 2. The smallest absolute Gasteiger partial charge is 0.283 e. The third kappa shape index (κ3) is 4.01. The molecule has 0 saturated heterocycles. The third-order valence-electron chi connectivity index (χ3n) is 4.01. The van der Waals surface area contributed by atoms with Crippen molar-refractivity contribution in [2.75, 3.05) is 11.9 Å². The lowest BCUT2D eigenvalue weighted by Crippen LogP contribution is -2.14. The van der Waals surface area contributed by atoms with Crippen molar-refractivity contribution in [3.05, 3.63) is 72.2 Å². The lowest BCUT2D eigenvalue weighted by atomic mass is 10.1. The lowest BCUT2D eigenvalue weighted by molar-refractivity contribution is 0.102. The van der Waals surface area contributed by atoms with Gasteiger partial charge in [-0.25, -0.2) is 4.39 Å². The molecule has 8 heteroatoms. The molecule has 2 heterocycles. The molecule has 146 valence electrons. The van der Waals surface area contributed by atoms with Crippen molar-refractivity contribution in [1.29, 1.82) is 0 Å². The summed E-state index contributed by atoms with van der Waals surface area (Å²) in [6.45, 7) is 2.15. The molecular weight excluding hydrogens is 377 g/mol. The van der Waals surface area contributed by atoms with E-state index in [2.05, 4.69) is 15.5 Å². The number of carbonyl (C=O) groups excluding carboxylic acids is 1. The molecule has 1 amide bonds. The van der Waals surface area contributed by atoms with Crippen LogP contribution in [0.5, 0.6) is 5.75 Å². The number of hydrogen-bond acceptors (Lipinski definition) is 6. The first-order valence-electron chi connectivity index (χ1n) is 8.85. The van der Waals surface area contributed by atoms with Gasteiger partial charge in [-0.05, 0) is 55.5 Å². The van der Waals surface area contributed by atoms with Gasteiger partial charge < -0.3 is 18.9 Å².